The number of carbonyl (C=O) groups is 2. The van der Waals surface area contributed by atoms with E-state index in [1.54, 1.807) is 0 Å². The van der Waals surface area contributed by atoms with E-state index >= 15 is 0 Å². The summed E-state index contributed by atoms with van der Waals surface area (Å²) in [6, 6.07) is 15.4. The molecule has 10 rings (SSSR count). The molecule has 2 amide bonds. The van der Waals surface area contributed by atoms with Crippen molar-refractivity contribution in [2.45, 2.75) is 99.9 Å². The van der Waals surface area contributed by atoms with Gasteiger partial charge in [-0.25, -0.2) is 0 Å². The molecule has 8 aliphatic rings. The highest BCUT2D eigenvalue weighted by molar-refractivity contribution is 5.79. The number of rotatable bonds is 0. The Bertz CT molecular complexity index is 1340. The summed E-state index contributed by atoms with van der Waals surface area (Å²) in [5, 5.41) is 0. The lowest BCUT2D eigenvalue weighted by atomic mass is 9.97. The van der Waals surface area contributed by atoms with E-state index in [2.05, 4.69) is 0 Å². The molecule has 12 heteroatoms. The van der Waals surface area contributed by atoms with Gasteiger partial charge in [0.1, 0.15) is 11.5 Å². The fourth-order valence-corrected chi connectivity index (χ4v) is 8.10. The molecule has 8 atom stereocenters. The van der Waals surface area contributed by atoms with Crippen LogP contribution in [0.2, 0.25) is 0 Å². The van der Waals surface area contributed by atoms with Gasteiger partial charge in [0, 0.05) is 36.3 Å². The molecule has 2 aromatic rings. The number of carbonyl (C=O) groups excluding carboxylic acids is 2. The van der Waals surface area contributed by atoms with Crippen LogP contribution >= 0.6 is 0 Å². The van der Waals surface area contributed by atoms with Crippen LogP contribution in [0.15, 0.2) is 48.5 Å². The molecule has 4 unspecified atom stereocenters. The second-order valence-electron chi connectivity index (χ2n) is 14.3. The SMILES string of the molecule is NC1CCCN2C(=O)COc3ccccc3[C@@H]3CC[C@@H](CO3)OCC12.NC1CCCN2C(=O)COc3ccccc3[C@H]3CC[C@H](CO3)OCC12. The van der Waals surface area contributed by atoms with Crippen molar-refractivity contribution in [2.75, 3.05) is 52.7 Å². The fourth-order valence-electron chi connectivity index (χ4n) is 8.10. The fraction of sp³-hybridized carbons (Fsp3) is 0.632. The molecule has 0 aliphatic carbocycles. The van der Waals surface area contributed by atoms with Gasteiger partial charge in [0.15, 0.2) is 13.2 Å². The van der Waals surface area contributed by atoms with Crippen molar-refractivity contribution in [1.82, 2.24) is 9.80 Å². The number of hydrogen-bond acceptors (Lipinski definition) is 10. The third-order valence-electron chi connectivity index (χ3n) is 11.0. The predicted octanol–water partition coefficient (Wildman–Crippen LogP) is 3.27. The summed E-state index contributed by atoms with van der Waals surface area (Å²) in [5.74, 6) is 1.42. The lowest BCUT2D eigenvalue weighted by Crippen LogP contribution is -2.57. The van der Waals surface area contributed by atoms with Gasteiger partial charge in [-0.2, -0.15) is 0 Å². The third kappa shape index (κ3) is 8.11. The molecule has 0 aromatic heterocycles. The first-order chi connectivity index (χ1) is 24.4. The second-order valence-corrected chi connectivity index (χ2v) is 14.3. The summed E-state index contributed by atoms with van der Waals surface area (Å²) in [6.45, 7) is 3.55. The van der Waals surface area contributed by atoms with Crippen molar-refractivity contribution in [3.63, 3.8) is 0 Å². The van der Waals surface area contributed by atoms with E-state index in [4.69, 9.17) is 39.9 Å². The van der Waals surface area contributed by atoms with Gasteiger partial charge in [0.2, 0.25) is 0 Å². The van der Waals surface area contributed by atoms with Crippen molar-refractivity contribution in [3.8, 4) is 11.5 Å². The minimum absolute atomic E-state index is 0.00301. The molecular formula is C38H52N4O8. The van der Waals surface area contributed by atoms with E-state index < -0.39 is 0 Å². The highest BCUT2D eigenvalue weighted by atomic mass is 16.5. The second kappa shape index (κ2) is 16.4. The van der Waals surface area contributed by atoms with Crippen molar-refractivity contribution in [2.24, 2.45) is 11.5 Å². The maximum atomic E-state index is 12.7. The lowest BCUT2D eigenvalue weighted by Gasteiger charge is -2.40. The van der Waals surface area contributed by atoms with Crippen LogP contribution in [0, 0.1) is 0 Å². The van der Waals surface area contributed by atoms with E-state index in [1.165, 1.54) is 0 Å². The molecule has 4 N–H and O–H groups in total. The monoisotopic (exact) mass is 692 g/mol. The van der Waals surface area contributed by atoms with Gasteiger partial charge in [-0.1, -0.05) is 36.4 Å². The molecule has 272 valence electrons. The first-order valence-electron chi connectivity index (χ1n) is 18.4. The zero-order chi connectivity index (χ0) is 34.5. The summed E-state index contributed by atoms with van der Waals surface area (Å²) in [4.78, 5) is 29.2. The Morgan fingerprint density at radius 3 is 1.40 bits per heavy atom. The molecule has 0 saturated carbocycles. The smallest absolute Gasteiger partial charge is 0.260 e. The molecule has 4 bridgehead atoms. The number of hydrogen-bond donors (Lipinski definition) is 2. The highest BCUT2D eigenvalue weighted by Crippen LogP contribution is 2.37. The van der Waals surface area contributed by atoms with Crippen LogP contribution in [-0.2, 0) is 28.5 Å². The molecule has 0 spiro atoms. The molecule has 4 saturated heterocycles. The Balaban J connectivity index is 0.000000157. The number of ether oxygens (including phenoxy) is 6. The number of piperidine rings is 2. The van der Waals surface area contributed by atoms with Crippen LogP contribution in [-0.4, -0.2) is 111 Å². The summed E-state index contributed by atoms with van der Waals surface area (Å²) in [5.41, 5.74) is 14.6. The van der Waals surface area contributed by atoms with Crippen molar-refractivity contribution in [3.05, 3.63) is 59.7 Å². The number of benzene rings is 2. The predicted molar refractivity (Wildman–Crippen MR) is 185 cm³/mol. The average molecular weight is 693 g/mol. The first kappa shape index (κ1) is 35.2. The normalized spacial score (nSPS) is 33.3. The standard InChI is InChI=1S/2C19H26N2O4/c2*20-15-5-3-9-21-16(15)11-23-13-7-8-18(24-10-13)14-4-1-2-6-17(14)25-12-19(21)22/h2*1-2,4,6,13,15-16,18H,3,5,7-12,20H2/t2*13-,15?,16?,18-/m10/s1. The van der Waals surface area contributed by atoms with E-state index in [1.807, 2.05) is 58.3 Å². The highest BCUT2D eigenvalue weighted by Gasteiger charge is 2.37. The minimum Gasteiger partial charge on any atom is -0.483 e. The first-order valence-corrected chi connectivity index (χ1v) is 18.4. The molecule has 8 aliphatic heterocycles. The van der Waals surface area contributed by atoms with Gasteiger partial charge in [-0.05, 0) is 63.5 Å². The topological polar surface area (TPSA) is 148 Å². The summed E-state index contributed by atoms with van der Waals surface area (Å²) in [6.07, 6.45) is 7.47. The molecule has 50 heavy (non-hydrogen) atoms. The lowest BCUT2D eigenvalue weighted by molar-refractivity contribution is -0.142. The van der Waals surface area contributed by atoms with Gasteiger partial charge in [-0.15, -0.1) is 0 Å². The van der Waals surface area contributed by atoms with Crippen LogP contribution in [0.4, 0.5) is 0 Å². The molecular weight excluding hydrogens is 640 g/mol. The van der Waals surface area contributed by atoms with Crippen LogP contribution in [0.5, 0.6) is 11.5 Å². The quantitative estimate of drug-likeness (QED) is 0.422. The van der Waals surface area contributed by atoms with Crippen LogP contribution < -0.4 is 20.9 Å². The van der Waals surface area contributed by atoms with E-state index in [0.717, 1.165) is 87.1 Å². The average Bonchev–Trinajstić information content (AvgIpc) is 3.18. The van der Waals surface area contributed by atoms with Crippen molar-refractivity contribution < 1.29 is 38.0 Å². The summed E-state index contributed by atoms with van der Waals surface area (Å²) in [7, 11) is 0. The van der Waals surface area contributed by atoms with E-state index in [9.17, 15) is 9.59 Å². The largest absolute Gasteiger partial charge is 0.483 e. The Labute approximate surface area is 294 Å². The third-order valence-corrected chi connectivity index (χ3v) is 11.0. The Kier molecular flexibility index (Phi) is 11.5. The van der Waals surface area contributed by atoms with Crippen LogP contribution in [0.3, 0.4) is 0 Å². The summed E-state index contributed by atoms with van der Waals surface area (Å²) >= 11 is 0. The van der Waals surface area contributed by atoms with Gasteiger partial charge in [0.05, 0.1) is 62.9 Å². The molecule has 4 fully saturated rings. The molecule has 12 nitrogen and oxygen atoms in total. The minimum atomic E-state index is -0.0847. The van der Waals surface area contributed by atoms with Gasteiger partial charge in [0.25, 0.3) is 11.8 Å². The Hall–Kier alpha value is -3.26. The molecule has 8 heterocycles. The van der Waals surface area contributed by atoms with Crippen molar-refractivity contribution in [1.29, 1.82) is 0 Å². The maximum absolute atomic E-state index is 12.7. The van der Waals surface area contributed by atoms with Gasteiger partial charge in [-0.3, -0.25) is 9.59 Å². The number of amides is 2. The number of fused-ring (bicyclic) bond motifs is 10. The van der Waals surface area contributed by atoms with Crippen molar-refractivity contribution >= 4 is 11.8 Å². The van der Waals surface area contributed by atoms with E-state index in [-0.39, 0.29) is 73.6 Å². The number of nitrogens with two attached hydrogens (primary N) is 2. The zero-order valence-electron chi connectivity index (χ0n) is 28.9. The Morgan fingerprint density at radius 2 is 0.980 bits per heavy atom. The Morgan fingerprint density at radius 1 is 0.540 bits per heavy atom. The molecule has 2 aromatic carbocycles. The van der Waals surface area contributed by atoms with Gasteiger partial charge < -0.3 is 49.7 Å². The number of nitrogens with zero attached hydrogens (tertiary/aromatic N) is 2. The van der Waals surface area contributed by atoms with E-state index in [0.29, 0.717) is 26.4 Å². The summed E-state index contributed by atoms with van der Waals surface area (Å²) < 4.78 is 36.0. The number of para-hydroxylation sites is 2. The molecule has 0 radical (unpaired) electrons. The van der Waals surface area contributed by atoms with Crippen LogP contribution in [0.25, 0.3) is 0 Å². The van der Waals surface area contributed by atoms with Crippen LogP contribution in [0.1, 0.15) is 74.7 Å². The zero-order valence-corrected chi connectivity index (χ0v) is 28.9. The maximum Gasteiger partial charge on any atom is 0.260 e. The van der Waals surface area contributed by atoms with Gasteiger partial charge >= 0.3 is 0 Å².